The lowest BCUT2D eigenvalue weighted by atomic mass is 10.0. The van der Waals surface area contributed by atoms with E-state index in [9.17, 15) is 4.79 Å². The van der Waals surface area contributed by atoms with E-state index in [0.29, 0.717) is 10.6 Å². The maximum atomic E-state index is 10.8. The van der Waals surface area contributed by atoms with Gasteiger partial charge in [0, 0.05) is 5.02 Å². The summed E-state index contributed by atoms with van der Waals surface area (Å²) in [5, 5.41) is 9.43. The number of benzene rings is 1. The first-order valence-corrected chi connectivity index (χ1v) is 4.80. The number of alkyl halides is 1. The molecular formula is C9H8BrClO2. The van der Waals surface area contributed by atoms with Crippen LogP contribution < -0.4 is 0 Å². The Kier molecular flexibility index (Phi) is 2.98. The molecule has 13 heavy (non-hydrogen) atoms. The lowest BCUT2D eigenvalue weighted by Crippen LogP contribution is -2.24. The van der Waals surface area contributed by atoms with Crippen molar-refractivity contribution in [3.05, 3.63) is 34.9 Å². The Hall–Kier alpha value is -0.540. The van der Waals surface area contributed by atoms with E-state index in [4.69, 9.17) is 16.7 Å². The van der Waals surface area contributed by atoms with Crippen LogP contribution in [-0.4, -0.2) is 11.1 Å². The van der Waals surface area contributed by atoms with E-state index in [1.54, 1.807) is 31.2 Å². The van der Waals surface area contributed by atoms with E-state index < -0.39 is 10.3 Å². The van der Waals surface area contributed by atoms with Crippen molar-refractivity contribution in [2.75, 3.05) is 0 Å². The lowest BCUT2D eigenvalue weighted by Gasteiger charge is -2.17. The van der Waals surface area contributed by atoms with Crippen LogP contribution in [0, 0.1) is 0 Å². The zero-order chi connectivity index (χ0) is 10.1. The van der Waals surface area contributed by atoms with Gasteiger partial charge in [0.15, 0.2) is 0 Å². The molecule has 0 fully saturated rings. The lowest BCUT2D eigenvalue weighted by molar-refractivity contribution is -0.139. The highest BCUT2D eigenvalue weighted by atomic mass is 79.9. The van der Waals surface area contributed by atoms with Gasteiger partial charge in [-0.05, 0) is 24.6 Å². The van der Waals surface area contributed by atoms with E-state index in [0.717, 1.165) is 0 Å². The van der Waals surface area contributed by atoms with Gasteiger partial charge < -0.3 is 5.11 Å². The van der Waals surface area contributed by atoms with Crippen molar-refractivity contribution >= 4 is 33.5 Å². The molecule has 0 saturated heterocycles. The number of hydrogen-bond donors (Lipinski definition) is 1. The van der Waals surface area contributed by atoms with Crippen LogP contribution in [0.3, 0.4) is 0 Å². The Morgan fingerprint density at radius 3 is 2.69 bits per heavy atom. The maximum absolute atomic E-state index is 10.8. The monoisotopic (exact) mass is 262 g/mol. The van der Waals surface area contributed by atoms with Crippen molar-refractivity contribution in [3.63, 3.8) is 0 Å². The molecule has 1 aromatic carbocycles. The summed E-state index contributed by atoms with van der Waals surface area (Å²) in [6.45, 7) is 1.57. The van der Waals surface area contributed by atoms with E-state index in [2.05, 4.69) is 15.9 Å². The van der Waals surface area contributed by atoms with Crippen molar-refractivity contribution < 1.29 is 9.90 Å². The van der Waals surface area contributed by atoms with Crippen LogP contribution in [0.1, 0.15) is 12.5 Å². The first-order valence-electron chi connectivity index (χ1n) is 3.63. The van der Waals surface area contributed by atoms with Gasteiger partial charge in [0.25, 0.3) is 0 Å². The fraction of sp³-hybridized carbons (Fsp3) is 0.222. The number of halogens is 2. The second-order valence-corrected chi connectivity index (χ2v) is 4.84. The zero-order valence-electron chi connectivity index (χ0n) is 6.92. The number of carbonyl (C=O) groups is 1. The molecule has 0 radical (unpaired) electrons. The number of carboxylic acid groups (broad SMARTS) is 1. The second kappa shape index (κ2) is 3.68. The maximum Gasteiger partial charge on any atom is 0.324 e. The molecule has 0 aromatic heterocycles. The molecule has 0 aliphatic rings. The first kappa shape index (κ1) is 10.5. The second-order valence-electron chi connectivity index (χ2n) is 2.82. The molecule has 1 unspecified atom stereocenters. The van der Waals surface area contributed by atoms with Crippen LogP contribution in [0.2, 0.25) is 5.02 Å². The topological polar surface area (TPSA) is 37.3 Å². The molecule has 2 nitrogen and oxygen atoms in total. The fourth-order valence-corrected chi connectivity index (χ4v) is 1.34. The quantitative estimate of drug-likeness (QED) is 0.833. The molecule has 0 aliphatic heterocycles. The molecule has 0 saturated carbocycles. The van der Waals surface area contributed by atoms with Crippen molar-refractivity contribution in [2.24, 2.45) is 0 Å². The largest absolute Gasteiger partial charge is 0.480 e. The molecule has 1 N–H and O–H groups in total. The van der Waals surface area contributed by atoms with E-state index in [1.165, 1.54) is 0 Å². The molecule has 0 heterocycles. The van der Waals surface area contributed by atoms with E-state index >= 15 is 0 Å². The SMILES string of the molecule is CC(Br)(C(=O)O)c1cccc(Cl)c1. The van der Waals surface area contributed by atoms with Crippen molar-refractivity contribution in [3.8, 4) is 0 Å². The third kappa shape index (κ3) is 2.23. The number of rotatable bonds is 2. The molecule has 0 aliphatic carbocycles. The normalized spacial score (nSPS) is 15.0. The molecule has 1 rings (SSSR count). The van der Waals surface area contributed by atoms with Gasteiger partial charge in [0.2, 0.25) is 0 Å². The fourth-order valence-electron chi connectivity index (χ4n) is 0.904. The van der Waals surface area contributed by atoms with Crippen LogP contribution in [0.25, 0.3) is 0 Å². The van der Waals surface area contributed by atoms with Gasteiger partial charge in [-0.1, -0.05) is 39.7 Å². The summed E-state index contributed by atoms with van der Waals surface area (Å²) in [5.74, 6) is -0.935. The van der Waals surface area contributed by atoms with Crippen molar-refractivity contribution in [1.29, 1.82) is 0 Å². The number of hydrogen-bond acceptors (Lipinski definition) is 1. The molecule has 0 bridgehead atoms. The average molecular weight is 264 g/mol. The molecule has 1 atom stereocenters. The Bertz CT molecular complexity index is 336. The Labute approximate surface area is 89.7 Å². The standard InChI is InChI=1S/C9H8BrClO2/c1-9(10,8(12)13)6-3-2-4-7(11)5-6/h2-5H,1H3,(H,12,13). The number of aliphatic carboxylic acids is 1. The van der Waals surface area contributed by atoms with Gasteiger partial charge in [-0.25, -0.2) is 0 Å². The van der Waals surface area contributed by atoms with Gasteiger partial charge in [0.1, 0.15) is 4.32 Å². The Morgan fingerprint density at radius 1 is 1.62 bits per heavy atom. The Balaban J connectivity index is 3.14. The van der Waals surface area contributed by atoms with E-state index in [-0.39, 0.29) is 0 Å². The summed E-state index contributed by atoms with van der Waals surface area (Å²) in [6.07, 6.45) is 0. The minimum absolute atomic E-state index is 0.532. The van der Waals surface area contributed by atoms with Crippen LogP contribution in [0.4, 0.5) is 0 Å². The van der Waals surface area contributed by atoms with Gasteiger partial charge >= 0.3 is 5.97 Å². The van der Waals surface area contributed by atoms with Crippen molar-refractivity contribution in [1.82, 2.24) is 0 Å². The van der Waals surface area contributed by atoms with Crippen LogP contribution >= 0.6 is 27.5 Å². The van der Waals surface area contributed by atoms with Crippen LogP contribution in [0.15, 0.2) is 24.3 Å². The summed E-state index contributed by atoms with van der Waals surface area (Å²) < 4.78 is -1.07. The molecule has 4 heteroatoms. The summed E-state index contributed by atoms with van der Waals surface area (Å²) >= 11 is 8.87. The third-order valence-corrected chi connectivity index (χ3v) is 2.80. The smallest absolute Gasteiger partial charge is 0.324 e. The summed E-state index contributed by atoms with van der Waals surface area (Å²) in [6, 6.07) is 6.77. The van der Waals surface area contributed by atoms with Gasteiger partial charge in [0.05, 0.1) is 0 Å². The zero-order valence-corrected chi connectivity index (χ0v) is 9.26. The molecule has 0 amide bonds. The minimum Gasteiger partial charge on any atom is -0.480 e. The highest BCUT2D eigenvalue weighted by Gasteiger charge is 2.31. The van der Waals surface area contributed by atoms with Crippen molar-refractivity contribution in [2.45, 2.75) is 11.2 Å². The summed E-state index contributed by atoms with van der Waals surface area (Å²) in [5.41, 5.74) is 0.632. The molecule has 0 spiro atoms. The van der Waals surface area contributed by atoms with Crippen LogP contribution in [0.5, 0.6) is 0 Å². The summed E-state index contributed by atoms with van der Waals surface area (Å²) in [4.78, 5) is 10.8. The van der Waals surface area contributed by atoms with Gasteiger partial charge in [-0.15, -0.1) is 0 Å². The molecule has 1 aromatic rings. The average Bonchev–Trinajstić information content (AvgIpc) is 2.04. The molecular weight excluding hydrogens is 255 g/mol. The Morgan fingerprint density at radius 2 is 2.23 bits per heavy atom. The van der Waals surface area contributed by atoms with Gasteiger partial charge in [-0.3, -0.25) is 4.79 Å². The first-order chi connectivity index (χ1) is 5.94. The number of carboxylic acids is 1. The highest BCUT2D eigenvalue weighted by molar-refractivity contribution is 9.10. The predicted octanol–water partition coefficient (Wildman–Crippen LogP) is 3.03. The highest BCUT2D eigenvalue weighted by Crippen LogP contribution is 2.32. The van der Waals surface area contributed by atoms with Crippen LogP contribution in [-0.2, 0) is 9.12 Å². The van der Waals surface area contributed by atoms with E-state index in [1.807, 2.05) is 0 Å². The molecule has 70 valence electrons. The predicted molar refractivity (Wildman–Crippen MR) is 55.4 cm³/mol. The van der Waals surface area contributed by atoms with Gasteiger partial charge in [-0.2, -0.15) is 0 Å². The summed E-state index contributed by atoms with van der Waals surface area (Å²) in [7, 11) is 0. The third-order valence-electron chi connectivity index (χ3n) is 1.77. The minimum atomic E-state index is -1.07.